The van der Waals surface area contributed by atoms with Gasteiger partial charge in [-0.1, -0.05) is 114 Å². The van der Waals surface area contributed by atoms with Gasteiger partial charge in [-0.2, -0.15) is 50.4 Å². The van der Waals surface area contributed by atoms with Crippen LogP contribution in [0.2, 0.25) is 0 Å². The lowest BCUT2D eigenvalue weighted by Crippen LogP contribution is -2.28. The smallest absolute Gasteiger partial charge is 0.373 e. The van der Waals surface area contributed by atoms with Crippen molar-refractivity contribution in [1.29, 1.82) is 0 Å². The SMILES string of the molecule is C=C1C=CC(c2ccc(C)c(C)c2)=NN1.C=C1C=CC(c2ccc(C)c(C)c2)=NN1.C=C1C=CC(c2ccc(CO)c(C)c2)=NN1.C=C1C=CC(c2ccc(N(C)CCN(C)C)c(C)c2)=NN1.C=C1C=CC(c2ccc(NCCN(C)C)c(C)c2)=NN1.C=C1C=CC(c2ccc(O)c(C)c2)=NN1.C=C1C=CC(c2ccc(OC)c(C)c2)=NN1.C=C1C=CC(c2ccc(SCCC)c(C)c2)=NN1.O=C=O. The average Bonchev–Trinajstić information content (AvgIpc) is 0.820. The van der Waals surface area contributed by atoms with Gasteiger partial charge in [0.15, 0.2) is 0 Å². The van der Waals surface area contributed by atoms with Gasteiger partial charge < -0.3 is 35.0 Å². The summed E-state index contributed by atoms with van der Waals surface area (Å²) < 4.78 is 5.22. The monoisotopic (exact) mass is 1880 g/mol. The summed E-state index contributed by atoms with van der Waals surface area (Å²) in [6, 6.07) is 49.3. The summed E-state index contributed by atoms with van der Waals surface area (Å²) in [5, 5.41) is 55.9. The number of nitrogens with one attached hydrogen (secondary N) is 9. The van der Waals surface area contributed by atoms with Crippen molar-refractivity contribution in [1.82, 2.24) is 53.2 Å². The lowest BCUT2D eigenvalue weighted by atomic mass is 10.0. The van der Waals surface area contributed by atoms with Crippen molar-refractivity contribution >= 4 is 75.0 Å². The number of hydrazone groups is 8. The number of allylic oxidation sites excluding steroid dienone is 16. The molecule has 0 spiro atoms. The quantitative estimate of drug-likeness (QED) is 0.0298. The van der Waals surface area contributed by atoms with E-state index in [2.05, 4.69) is 345 Å². The Balaban J connectivity index is 0.000000194. The molecule has 0 aromatic heterocycles. The fourth-order valence-corrected chi connectivity index (χ4v) is 14.3. The second-order valence-corrected chi connectivity index (χ2v) is 34.9. The Morgan fingerprint density at radius 3 is 0.942 bits per heavy atom. The van der Waals surface area contributed by atoms with Crippen LogP contribution in [0, 0.1) is 69.2 Å². The summed E-state index contributed by atoms with van der Waals surface area (Å²) in [5.74, 6) is 2.36. The zero-order valence-corrected chi connectivity index (χ0v) is 84.0. The molecular weight excluding hydrogens is 1750 g/mol. The topological polar surface area (TPSA) is 301 Å². The molecule has 16 rings (SSSR count). The molecule has 26 heteroatoms. The number of ether oxygens (including phenoxy) is 1. The fraction of sp³-hybridized carbons (Fsp3) is 0.212. The summed E-state index contributed by atoms with van der Waals surface area (Å²) >= 11 is 1.92. The molecule has 0 saturated carbocycles. The van der Waals surface area contributed by atoms with Crippen LogP contribution in [0.3, 0.4) is 0 Å². The number of thioether (sulfide) groups is 1. The number of methoxy groups -OCH3 is 1. The Hall–Kier alpha value is -15.8. The standard InChI is InChI=1S/C17H24N4.C16H22N4.C15H18N2S.2C13H14N2O.2C13H14N2.C12H12N2O.CO2/c1-13-12-15(16-8-6-14(2)18-19-16)7-9-17(13)21(5)11-10-20(3)4;1-12-11-14(16-7-5-13(2)18-19-16)6-8-15(12)17-9-10-20(3)4;1-4-9-18-15-8-6-13(10-11(15)2)14-7-5-12(3)16-17-14;1-9-8-11(5-7-13(9)16-3)12-6-4-10(2)14-15-12;1-9-7-11(4-5-12(9)8-16)13-6-3-10(2)14-15-13;2*1-9-4-6-12(8-10(9)2)13-7-5-11(3)14-15-13;1-8-7-10(4-6-12(8)15)11-5-3-9(2)13-14-11;2-1-3/h6-9,12,18H,2,10-11H2,1,3-5H3;5-8,11,17-18H,2,9-10H2,1,3-4H3;5-8,10,16H,3-4,9H2,1-2H3;4-8,14H,2H2,1,3H3;3-7,14,16H,2,8H2,1H3;2*4-8,14H,3H2,1-2H3;3-7,13,15H,2H2,1H3;. The van der Waals surface area contributed by atoms with Crippen molar-refractivity contribution in [2.24, 2.45) is 40.8 Å². The van der Waals surface area contributed by atoms with Gasteiger partial charge >= 0.3 is 6.15 Å². The number of hydrogen-bond donors (Lipinski definition) is 11. The summed E-state index contributed by atoms with van der Waals surface area (Å²) in [6.07, 6.45) is 32.4. The third kappa shape index (κ3) is 35.4. The zero-order chi connectivity index (χ0) is 101. The van der Waals surface area contributed by atoms with Crippen LogP contribution in [0.5, 0.6) is 11.5 Å². The van der Waals surface area contributed by atoms with Gasteiger partial charge in [0.2, 0.25) is 0 Å². The molecule has 0 fully saturated rings. The van der Waals surface area contributed by atoms with Crippen LogP contribution in [-0.2, 0) is 16.2 Å². The molecule has 25 nitrogen and oxygen atoms in total. The Labute approximate surface area is 825 Å². The average molecular weight is 1880 g/mol. The van der Waals surface area contributed by atoms with Gasteiger partial charge in [0.25, 0.3) is 0 Å². The first-order valence-corrected chi connectivity index (χ1v) is 46.2. The van der Waals surface area contributed by atoms with E-state index in [0.29, 0.717) is 5.75 Å². The first kappa shape index (κ1) is 108. The number of carbonyl (C=O) groups excluding carboxylic acids is 2. The molecule has 8 aromatic rings. The fourth-order valence-electron chi connectivity index (χ4n) is 13.4. The Kier molecular flexibility index (Phi) is 43.1. The maximum atomic E-state index is 9.40. The molecule has 0 saturated heterocycles. The Morgan fingerprint density at radius 1 is 0.345 bits per heavy atom. The number of benzene rings is 8. The molecule has 720 valence electrons. The molecule has 8 heterocycles. The number of nitrogens with zero attached hydrogens (tertiary/aromatic N) is 11. The highest BCUT2D eigenvalue weighted by Crippen LogP contribution is 2.28. The number of rotatable bonds is 21. The number of aliphatic hydroxyl groups is 1. The summed E-state index contributed by atoms with van der Waals surface area (Å²) in [6.45, 7) is 57.2. The molecule has 8 aromatic carbocycles. The van der Waals surface area contributed by atoms with Gasteiger partial charge in [0.1, 0.15) is 11.5 Å². The number of hydrogen-bond acceptors (Lipinski definition) is 26. The minimum absolute atomic E-state index is 0.0729. The van der Waals surface area contributed by atoms with Crippen molar-refractivity contribution in [2.45, 2.75) is 94.1 Å². The Morgan fingerprint density at radius 2 is 0.647 bits per heavy atom. The first-order valence-electron chi connectivity index (χ1n) is 45.2. The van der Waals surface area contributed by atoms with E-state index in [-0.39, 0.29) is 12.8 Å². The Bertz CT molecular complexity index is 6120. The van der Waals surface area contributed by atoms with Crippen molar-refractivity contribution in [3.8, 4) is 11.5 Å². The lowest BCUT2D eigenvalue weighted by Gasteiger charge is -2.24. The number of phenols is 1. The molecule has 0 bridgehead atoms. The van der Waals surface area contributed by atoms with Crippen LogP contribution in [0.15, 0.2) is 387 Å². The van der Waals surface area contributed by atoms with Crippen LogP contribution < -0.4 is 58.4 Å². The van der Waals surface area contributed by atoms with E-state index in [9.17, 15) is 5.11 Å². The third-order valence-electron chi connectivity index (χ3n) is 21.8. The minimum Gasteiger partial charge on any atom is -0.508 e. The molecule has 0 amide bonds. The molecular formula is C113H132N20O5S. The minimum atomic E-state index is 0.0729. The third-order valence-corrected chi connectivity index (χ3v) is 23.2. The van der Waals surface area contributed by atoms with Crippen molar-refractivity contribution in [3.63, 3.8) is 0 Å². The van der Waals surface area contributed by atoms with Crippen LogP contribution >= 0.6 is 11.8 Å². The number of likely N-dealkylation sites (N-methyl/N-ethyl adjacent to an activating group) is 3. The molecule has 0 radical (unpaired) electrons. The number of phenolic OH excluding ortho intramolecular Hbond substituents is 1. The summed E-state index contributed by atoms with van der Waals surface area (Å²) in [7, 11) is 12.1. The zero-order valence-electron chi connectivity index (χ0n) is 83.1. The van der Waals surface area contributed by atoms with E-state index in [4.69, 9.17) is 19.4 Å². The van der Waals surface area contributed by atoms with E-state index in [1.54, 1.807) is 13.2 Å². The van der Waals surface area contributed by atoms with Crippen molar-refractivity contribution < 1.29 is 24.5 Å². The van der Waals surface area contributed by atoms with Crippen molar-refractivity contribution in [2.75, 3.05) is 84.5 Å². The number of aromatic hydroxyl groups is 1. The predicted molar refractivity (Wildman–Crippen MR) is 582 cm³/mol. The van der Waals surface area contributed by atoms with Gasteiger partial charge in [0.05, 0.1) is 59.4 Å². The maximum absolute atomic E-state index is 9.40. The highest BCUT2D eigenvalue weighted by atomic mass is 32.2. The summed E-state index contributed by atoms with van der Waals surface area (Å²) in [5.41, 5.74) is 60.8. The predicted octanol–water partition coefficient (Wildman–Crippen LogP) is 19.7. The molecule has 11 N–H and O–H groups in total. The van der Waals surface area contributed by atoms with Crippen LogP contribution in [-0.4, -0.2) is 146 Å². The number of aliphatic hydroxyl groups excluding tert-OH is 1. The van der Waals surface area contributed by atoms with Crippen LogP contribution in [0.25, 0.3) is 0 Å². The largest absolute Gasteiger partial charge is 0.508 e. The number of aryl methyl sites for hydroxylation is 10. The highest BCUT2D eigenvalue weighted by Gasteiger charge is 2.17. The first-order chi connectivity index (χ1) is 66.5. The van der Waals surface area contributed by atoms with E-state index < -0.39 is 0 Å². The molecule has 0 unspecified atom stereocenters. The second-order valence-electron chi connectivity index (χ2n) is 33.7. The van der Waals surface area contributed by atoms with E-state index in [1.807, 2.05) is 172 Å². The summed E-state index contributed by atoms with van der Waals surface area (Å²) in [4.78, 5) is 24.3. The molecule has 0 atom stereocenters. The van der Waals surface area contributed by atoms with Gasteiger partial charge in [0, 0.05) is 140 Å². The van der Waals surface area contributed by atoms with E-state index >= 15 is 0 Å². The number of anilines is 2. The van der Waals surface area contributed by atoms with Gasteiger partial charge in [-0.15, -0.1) is 11.8 Å². The van der Waals surface area contributed by atoms with Gasteiger partial charge in [-0.3, -0.25) is 43.4 Å². The normalized spacial score (nSPS) is 14.2. The van der Waals surface area contributed by atoms with Gasteiger partial charge in [-0.05, 0) is 359 Å². The molecule has 139 heavy (non-hydrogen) atoms. The van der Waals surface area contributed by atoms with Crippen LogP contribution in [0.4, 0.5) is 11.4 Å². The van der Waals surface area contributed by atoms with E-state index in [1.165, 1.54) is 67.4 Å². The lowest BCUT2D eigenvalue weighted by molar-refractivity contribution is -0.191. The molecule has 0 aliphatic carbocycles. The molecule has 8 aliphatic heterocycles. The van der Waals surface area contributed by atoms with Crippen molar-refractivity contribution in [3.05, 3.63) is 447 Å². The van der Waals surface area contributed by atoms with Gasteiger partial charge in [-0.25, -0.2) is 0 Å². The molecule has 8 aliphatic rings. The maximum Gasteiger partial charge on any atom is 0.373 e. The van der Waals surface area contributed by atoms with E-state index in [0.717, 1.165) is 190 Å². The second kappa shape index (κ2) is 55.3. The highest BCUT2D eigenvalue weighted by molar-refractivity contribution is 7.99. The van der Waals surface area contributed by atoms with Crippen LogP contribution in [0.1, 0.15) is 119 Å².